The zero-order valence-electron chi connectivity index (χ0n) is 18.0. The van der Waals surface area contributed by atoms with Gasteiger partial charge in [-0.05, 0) is 24.3 Å². The molecule has 0 aliphatic rings. The van der Waals surface area contributed by atoms with E-state index in [1.165, 1.54) is 12.1 Å². The van der Waals surface area contributed by atoms with Gasteiger partial charge in [0, 0.05) is 22.9 Å². The lowest BCUT2D eigenvalue weighted by Gasteiger charge is -2.21. The van der Waals surface area contributed by atoms with Crippen molar-refractivity contribution in [1.29, 1.82) is 0 Å². The van der Waals surface area contributed by atoms with Gasteiger partial charge in [0.1, 0.15) is 29.5 Å². The number of aliphatic carboxylic acids is 1. The Kier molecular flexibility index (Phi) is 9.99. The first-order chi connectivity index (χ1) is 16.6. The van der Waals surface area contributed by atoms with Gasteiger partial charge in [0.15, 0.2) is 12.4 Å². The number of aldehydes is 1. The molecule has 0 unspecified atom stereocenters. The van der Waals surface area contributed by atoms with E-state index in [-0.39, 0.29) is 17.5 Å². The van der Waals surface area contributed by atoms with E-state index < -0.39 is 30.4 Å². The number of carboxylic acid groups (broad SMARTS) is 1. The van der Waals surface area contributed by atoms with Crippen molar-refractivity contribution in [3.63, 3.8) is 0 Å². The Morgan fingerprint density at radius 2 is 1.11 bits per heavy atom. The molecule has 0 fully saturated rings. The molecular formula is C24H22O11. The van der Waals surface area contributed by atoms with E-state index in [0.29, 0.717) is 11.2 Å². The summed E-state index contributed by atoms with van der Waals surface area (Å²) in [6, 6.07) is 21.2. The number of carbonyl (C=O) groups is 2. The second kappa shape index (κ2) is 12.9. The minimum absolute atomic E-state index is 0.0809. The maximum Gasteiger partial charge on any atom is 0.336 e. The standard InChI is InChI=1S/2C9H6O2.C6H10O7/c2*10-9-6-5-7-3-1-2-4-8(7)11-9;7-1-2(8)3(9)4(10)5(11)6(12)13/h2*1-6H;1-5,8-11H,(H,12,13)/t;;2-,3+,4-,5-/m..0/s1. The maximum absolute atomic E-state index is 10.7. The van der Waals surface area contributed by atoms with Crippen LogP contribution in [0.3, 0.4) is 0 Å². The molecule has 0 spiro atoms. The molecule has 4 rings (SSSR count). The van der Waals surface area contributed by atoms with Crippen LogP contribution < -0.4 is 11.3 Å². The fourth-order valence-corrected chi connectivity index (χ4v) is 2.64. The van der Waals surface area contributed by atoms with Gasteiger partial charge < -0.3 is 39.2 Å². The van der Waals surface area contributed by atoms with E-state index >= 15 is 0 Å². The fourth-order valence-electron chi connectivity index (χ4n) is 2.64. The summed E-state index contributed by atoms with van der Waals surface area (Å²) < 4.78 is 9.81. The van der Waals surface area contributed by atoms with Gasteiger partial charge in [-0.15, -0.1) is 0 Å². The van der Waals surface area contributed by atoms with Crippen LogP contribution in [0, 0.1) is 0 Å². The van der Waals surface area contributed by atoms with Crippen LogP contribution >= 0.6 is 0 Å². The predicted molar refractivity (Wildman–Crippen MR) is 123 cm³/mol. The van der Waals surface area contributed by atoms with Crippen LogP contribution in [-0.4, -0.2) is 62.2 Å². The van der Waals surface area contributed by atoms with Crippen molar-refractivity contribution < 1.29 is 44.0 Å². The zero-order chi connectivity index (χ0) is 26.0. The smallest absolute Gasteiger partial charge is 0.336 e. The third-order valence-corrected chi connectivity index (χ3v) is 4.47. The second-order valence-corrected chi connectivity index (χ2v) is 6.98. The lowest BCUT2D eigenvalue weighted by atomic mass is 10.0. The van der Waals surface area contributed by atoms with Crippen LogP contribution in [0.1, 0.15) is 0 Å². The number of aliphatic hydroxyl groups excluding tert-OH is 4. The highest BCUT2D eigenvalue weighted by atomic mass is 16.4. The lowest BCUT2D eigenvalue weighted by molar-refractivity contribution is -0.163. The van der Waals surface area contributed by atoms with Crippen LogP contribution in [0.5, 0.6) is 0 Å². The highest BCUT2D eigenvalue weighted by molar-refractivity contribution is 5.76. The quantitative estimate of drug-likeness (QED) is 0.192. The zero-order valence-corrected chi connectivity index (χ0v) is 18.0. The highest BCUT2D eigenvalue weighted by Crippen LogP contribution is 2.10. The molecule has 5 N–H and O–H groups in total. The van der Waals surface area contributed by atoms with Gasteiger partial charge >= 0.3 is 17.2 Å². The van der Waals surface area contributed by atoms with Gasteiger partial charge in [0.2, 0.25) is 0 Å². The molecule has 4 atom stereocenters. The van der Waals surface area contributed by atoms with Crippen LogP contribution in [-0.2, 0) is 9.59 Å². The summed E-state index contributed by atoms with van der Waals surface area (Å²) >= 11 is 0. The summed E-state index contributed by atoms with van der Waals surface area (Å²) in [5.74, 6) is -1.76. The first kappa shape index (κ1) is 27.1. The Labute approximate surface area is 196 Å². The third kappa shape index (κ3) is 7.98. The molecule has 11 nitrogen and oxygen atoms in total. The van der Waals surface area contributed by atoms with E-state index in [4.69, 9.17) is 34.4 Å². The van der Waals surface area contributed by atoms with Crippen LogP contribution in [0.2, 0.25) is 0 Å². The monoisotopic (exact) mass is 486 g/mol. The van der Waals surface area contributed by atoms with Gasteiger partial charge in [-0.1, -0.05) is 36.4 Å². The maximum atomic E-state index is 10.7. The molecule has 0 aliphatic heterocycles. The molecular weight excluding hydrogens is 464 g/mol. The van der Waals surface area contributed by atoms with E-state index in [1.807, 2.05) is 36.4 Å². The van der Waals surface area contributed by atoms with Gasteiger partial charge in [0.25, 0.3) is 0 Å². The number of carbonyl (C=O) groups excluding carboxylic acids is 1. The summed E-state index contributed by atoms with van der Waals surface area (Å²) in [5.41, 5.74) is 0.674. The summed E-state index contributed by atoms with van der Waals surface area (Å²) in [7, 11) is 0. The van der Waals surface area contributed by atoms with Crippen molar-refractivity contribution in [2.45, 2.75) is 24.4 Å². The molecule has 2 heterocycles. The summed E-state index contributed by atoms with van der Waals surface area (Å²) in [4.78, 5) is 41.4. The molecule has 184 valence electrons. The lowest BCUT2D eigenvalue weighted by Crippen LogP contribution is -2.48. The van der Waals surface area contributed by atoms with Gasteiger partial charge in [-0.25, -0.2) is 14.4 Å². The molecule has 11 heteroatoms. The minimum atomic E-state index is -2.25. The average molecular weight is 486 g/mol. The molecule has 0 saturated carbocycles. The Morgan fingerprint density at radius 1 is 0.686 bits per heavy atom. The minimum Gasteiger partial charge on any atom is -0.479 e. The largest absolute Gasteiger partial charge is 0.479 e. The number of fused-ring (bicyclic) bond motifs is 2. The predicted octanol–water partition coefficient (Wildman–Crippen LogP) is 0.300. The number of carboxylic acids is 1. The van der Waals surface area contributed by atoms with E-state index in [0.717, 1.165) is 10.8 Å². The highest BCUT2D eigenvalue weighted by Gasteiger charge is 2.34. The number of hydrogen-bond acceptors (Lipinski definition) is 10. The Hall–Kier alpha value is -4.16. The van der Waals surface area contributed by atoms with E-state index in [1.54, 1.807) is 24.3 Å². The Bertz CT molecular complexity index is 1290. The summed E-state index contributed by atoms with van der Waals surface area (Å²) in [6.45, 7) is 0. The van der Waals surface area contributed by atoms with Crippen molar-refractivity contribution in [3.05, 3.63) is 93.6 Å². The number of rotatable bonds is 5. The van der Waals surface area contributed by atoms with Crippen LogP contribution in [0.4, 0.5) is 0 Å². The molecule has 2 aromatic heterocycles. The van der Waals surface area contributed by atoms with Crippen molar-refractivity contribution in [3.8, 4) is 0 Å². The van der Waals surface area contributed by atoms with E-state index in [9.17, 15) is 19.2 Å². The molecule has 2 aromatic carbocycles. The van der Waals surface area contributed by atoms with Gasteiger partial charge in [-0.2, -0.15) is 0 Å². The number of aliphatic hydroxyl groups is 4. The van der Waals surface area contributed by atoms with E-state index in [2.05, 4.69) is 0 Å². The topological polar surface area (TPSA) is 196 Å². The number of benzene rings is 2. The van der Waals surface area contributed by atoms with Crippen molar-refractivity contribution in [2.24, 2.45) is 0 Å². The van der Waals surface area contributed by atoms with Crippen molar-refractivity contribution >= 4 is 34.2 Å². The molecule has 0 bridgehead atoms. The van der Waals surface area contributed by atoms with Crippen LogP contribution in [0.15, 0.2) is 91.2 Å². The Morgan fingerprint density at radius 3 is 1.51 bits per heavy atom. The molecule has 0 radical (unpaired) electrons. The number of para-hydroxylation sites is 2. The average Bonchev–Trinajstić information content (AvgIpc) is 2.87. The normalized spacial score (nSPS) is 13.8. The first-order valence-corrected chi connectivity index (χ1v) is 10.0. The SMILES string of the molecule is O=C[C@H](O)[C@@H](O)[C@H](O)[C@H](O)C(=O)O.O=c1ccc2ccccc2o1.O=c1ccc2ccccc2o1. The number of hydrogen-bond donors (Lipinski definition) is 5. The summed E-state index contributed by atoms with van der Waals surface area (Å²) in [6.07, 6.45) is -8.39. The first-order valence-electron chi connectivity index (χ1n) is 10.0. The fraction of sp³-hybridized carbons (Fsp3) is 0.167. The Balaban J connectivity index is 0.000000185. The second-order valence-electron chi connectivity index (χ2n) is 6.98. The molecule has 0 amide bonds. The van der Waals surface area contributed by atoms with Gasteiger partial charge in [-0.3, -0.25) is 0 Å². The van der Waals surface area contributed by atoms with Crippen LogP contribution in [0.25, 0.3) is 21.9 Å². The van der Waals surface area contributed by atoms with Crippen molar-refractivity contribution in [1.82, 2.24) is 0 Å². The molecule has 0 aliphatic carbocycles. The summed E-state index contributed by atoms with van der Waals surface area (Å²) in [5, 5.41) is 45.1. The van der Waals surface area contributed by atoms with Crippen molar-refractivity contribution in [2.75, 3.05) is 0 Å². The molecule has 4 aromatic rings. The van der Waals surface area contributed by atoms with Gasteiger partial charge in [0.05, 0.1) is 0 Å². The molecule has 35 heavy (non-hydrogen) atoms. The third-order valence-electron chi connectivity index (χ3n) is 4.47. The molecule has 0 saturated heterocycles.